The highest BCUT2D eigenvalue weighted by molar-refractivity contribution is 5.67. The maximum absolute atomic E-state index is 11.4. The molecule has 0 spiro atoms. The standard InChI is InChI=1S/C14H28N2O2/c1-12-8-5-6-10-16(12)11-7-9-15-13(17)18-14(2,3)4/h12H,5-11H2,1-4H3,(H,15,17). The van der Waals surface area contributed by atoms with Crippen molar-refractivity contribution in [3.8, 4) is 0 Å². The summed E-state index contributed by atoms with van der Waals surface area (Å²) in [4.78, 5) is 13.9. The molecule has 0 aliphatic carbocycles. The molecule has 1 aliphatic rings. The number of carbonyl (C=O) groups is 1. The molecule has 1 saturated heterocycles. The molecule has 106 valence electrons. The molecule has 0 saturated carbocycles. The lowest BCUT2D eigenvalue weighted by Crippen LogP contribution is -2.39. The van der Waals surface area contributed by atoms with E-state index in [0.717, 1.165) is 13.0 Å². The molecular formula is C14H28N2O2. The second-order valence-corrected chi connectivity index (χ2v) is 6.16. The van der Waals surface area contributed by atoms with Crippen LogP contribution in [0.15, 0.2) is 0 Å². The molecule has 1 heterocycles. The maximum Gasteiger partial charge on any atom is 0.407 e. The Labute approximate surface area is 111 Å². The third kappa shape index (κ3) is 6.24. The van der Waals surface area contributed by atoms with Gasteiger partial charge in [-0.15, -0.1) is 0 Å². The van der Waals surface area contributed by atoms with Gasteiger partial charge in [0, 0.05) is 19.1 Å². The summed E-state index contributed by atoms with van der Waals surface area (Å²) >= 11 is 0. The number of ether oxygens (including phenoxy) is 1. The Morgan fingerprint density at radius 1 is 1.39 bits per heavy atom. The van der Waals surface area contributed by atoms with Crippen LogP contribution in [0.4, 0.5) is 4.79 Å². The molecule has 0 aromatic heterocycles. The SMILES string of the molecule is CC1CCCCN1CCCNC(=O)OC(C)(C)C. The number of hydrogen-bond donors (Lipinski definition) is 1. The van der Waals surface area contributed by atoms with Gasteiger partial charge in [-0.2, -0.15) is 0 Å². The van der Waals surface area contributed by atoms with E-state index < -0.39 is 5.60 Å². The molecule has 18 heavy (non-hydrogen) atoms. The first kappa shape index (κ1) is 15.3. The van der Waals surface area contributed by atoms with Crippen LogP contribution < -0.4 is 5.32 Å². The normalized spacial score (nSPS) is 21.7. The van der Waals surface area contributed by atoms with E-state index in [2.05, 4.69) is 17.1 Å². The van der Waals surface area contributed by atoms with E-state index >= 15 is 0 Å². The predicted octanol–water partition coefficient (Wildman–Crippen LogP) is 2.78. The van der Waals surface area contributed by atoms with E-state index in [-0.39, 0.29) is 6.09 Å². The van der Waals surface area contributed by atoms with Gasteiger partial charge in [-0.1, -0.05) is 6.42 Å². The van der Waals surface area contributed by atoms with Crippen LogP contribution >= 0.6 is 0 Å². The van der Waals surface area contributed by atoms with E-state index in [1.807, 2.05) is 20.8 Å². The van der Waals surface area contributed by atoms with Crippen molar-refractivity contribution < 1.29 is 9.53 Å². The average molecular weight is 256 g/mol. The number of amides is 1. The van der Waals surface area contributed by atoms with Crippen molar-refractivity contribution in [2.24, 2.45) is 0 Å². The summed E-state index contributed by atoms with van der Waals surface area (Å²) in [6.07, 6.45) is 4.65. The second kappa shape index (κ2) is 6.98. The van der Waals surface area contributed by atoms with Gasteiger partial charge in [0.1, 0.15) is 5.60 Å². The van der Waals surface area contributed by atoms with Gasteiger partial charge in [-0.05, 0) is 53.5 Å². The number of rotatable bonds is 4. The molecule has 1 rings (SSSR count). The van der Waals surface area contributed by atoms with Crippen molar-refractivity contribution in [1.29, 1.82) is 0 Å². The Morgan fingerprint density at radius 2 is 2.11 bits per heavy atom. The highest BCUT2D eigenvalue weighted by Gasteiger charge is 2.18. The van der Waals surface area contributed by atoms with Crippen LogP contribution in [0.1, 0.15) is 53.4 Å². The topological polar surface area (TPSA) is 41.6 Å². The number of nitrogens with zero attached hydrogens (tertiary/aromatic N) is 1. The minimum Gasteiger partial charge on any atom is -0.444 e. The van der Waals surface area contributed by atoms with Crippen molar-refractivity contribution in [2.75, 3.05) is 19.6 Å². The van der Waals surface area contributed by atoms with E-state index in [1.54, 1.807) is 0 Å². The molecule has 0 bridgehead atoms. The minimum absolute atomic E-state index is 0.311. The largest absolute Gasteiger partial charge is 0.444 e. The summed E-state index contributed by atoms with van der Waals surface area (Å²) in [5.74, 6) is 0. The first-order valence-electron chi connectivity index (χ1n) is 7.09. The van der Waals surface area contributed by atoms with Crippen molar-refractivity contribution in [3.63, 3.8) is 0 Å². The molecule has 1 aliphatic heterocycles. The summed E-state index contributed by atoms with van der Waals surface area (Å²) in [6, 6.07) is 0.695. The zero-order valence-electron chi connectivity index (χ0n) is 12.3. The highest BCUT2D eigenvalue weighted by Crippen LogP contribution is 2.16. The third-order valence-electron chi connectivity index (χ3n) is 3.23. The van der Waals surface area contributed by atoms with Crippen LogP contribution in [-0.2, 0) is 4.74 Å². The molecule has 1 N–H and O–H groups in total. The van der Waals surface area contributed by atoms with Gasteiger partial charge in [-0.25, -0.2) is 4.79 Å². The number of alkyl carbamates (subject to hydrolysis) is 1. The first-order chi connectivity index (χ1) is 8.38. The molecule has 1 fully saturated rings. The summed E-state index contributed by atoms with van der Waals surface area (Å²) < 4.78 is 5.19. The Balaban J connectivity index is 2.09. The summed E-state index contributed by atoms with van der Waals surface area (Å²) in [5, 5.41) is 2.81. The Hall–Kier alpha value is -0.770. The maximum atomic E-state index is 11.4. The van der Waals surface area contributed by atoms with E-state index in [4.69, 9.17) is 4.74 Å². The molecule has 4 heteroatoms. The highest BCUT2D eigenvalue weighted by atomic mass is 16.6. The van der Waals surface area contributed by atoms with Crippen molar-refractivity contribution >= 4 is 6.09 Å². The van der Waals surface area contributed by atoms with E-state index in [1.165, 1.54) is 25.8 Å². The van der Waals surface area contributed by atoms with Gasteiger partial charge in [0.25, 0.3) is 0 Å². The quantitative estimate of drug-likeness (QED) is 0.786. The molecule has 1 unspecified atom stereocenters. The van der Waals surface area contributed by atoms with Crippen LogP contribution in [0.25, 0.3) is 0 Å². The van der Waals surface area contributed by atoms with Crippen LogP contribution in [0.2, 0.25) is 0 Å². The van der Waals surface area contributed by atoms with Gasteiger partial charge in [0.05, 0.1) is 0 Å². The number of carbonyl (C=O) groups excluding carboxylic acids is 1. The minimum atomic E-state index is -0.411. The van der Waals surface area contributed by atoms with Crippen LogP contribution in [0.5, 0.6) is 0 Å². The van der Waals surface area contributed by atoms with Crippen molar-refractivity contribution in [3.05, 3.63) is 0 Å². The lowest BCUT2D eigenvalue weighted by Gasteiger charge is -2.33. The predicted molar refractivity (Wildman–Crippen MR) is 73.7 cm³/mol. The van der Waals surface area contributed by atoms with Gasteiger partial charge >= 0.3 is 6.09 Å². The summed E-state index contributed by atoms with van der Waals surface area (Å²) in [7, 11) is 0. The molecule has 0 aromatic carbocycles. The van der Waals surface area contributed by atoms with Crippen LogP contribution in [0.3, 0.4) is 0 Å². The molecule has 4 nitrogen and oxygen atoms in total. The number of piperidine rings is 1. The van der Waals surface area contributed by atoms with Crippen LogP contribution in [-0.4, -0.2) is 42.3 Å². The Kier molecular flexibility index (Phi) is 5.93. The molecule has 0 radical (unpaired) electrons. The van der Waals surface area contributed by atoms with Crippen LogP contribution in [0, 0.1) is 0 Å². The molecule has 1 amide bonds. The van der Waals surface area contributed by atoms with Crippen molar-refractivity contribution in [2.45, 2.75) is 65.0 Å². The molecule has 0 aromatic rings. The number of nitrogens with one attached hydrogen (secondary N) is 1. The first-order valence-corrected chi connectivity index (χ1v) is 7.09. The Morgan fingerprint density at radius 3 is 2.72 bits per heavy atom. The fourth-order valence-electron chi connectivity index (χ4n) is 2.28. The van der Waals surface area contributed by atoms with Gasteiger partial charge in [0.15, 0.2) is 0 Å². The summed E-state index contributed by atoms with van der Waals surface area (Å²) in [6.45, 7) is 10.9. The Bertz CT molecular complexity index is 261. The molecule has 1 atom stereocenters. The van der Waals surface area contributed by atoms with Gasteiger partial charge in [0.2, 0.25) is 0 Å². The van der Waals surface area contributed by atoms with Gasteiger partial charge < -0.3 is 15.0 Å². The van der Waals surface area contributed by atoms with E-state index in [9.17, 15) is 4.79 Å². The van der Waals surface area contributed by atoms with Gasteiger partial charge in [-0.3, -0.25) is 0 Å². The fourth-order valence-corrected chi connectivity index (χ4v) is 2.28. The monoisotopic (exact) mass is 256 g/mol. The van der Waals surface area contributed by atoms with Crippen molar-refractivity contribution in [1.82, 2.24) is 10.2 Å². The lowest BCUT2D eigenvalue weighted by atomic mass is 10.0. The lowest BCUT2D eigenvalue weighted by molar-refractivity contribution is 0.0524. The fraction of sp³-hybridized carbons (Fsp3) is 0.929. The second-order valence-electron chi connectivity index (χ2n) is 6.16. The third-order valence-corrected chi connectivity index (χ3v) is 3.23. The summed E-state index contributed by atoms with van der Waals surface area (Å²) in [5.41, 5.74) is -0.411. The zero-order chi connectivity index (χ0) is 13.6. The molecular weight excluding hydrogens is 228 g/mol. The van der Waals surface area contributed by atoms with E-state index in [0.29, 0.717) is 12.6 Å². The number of hydrogen-bond acceptors (Lipinski definition) is 3. The zero-order valence-corrected chi connectivity index (χ0v) is 12.3. The number of likely N-dealkylation sites (tertiary alicyclic amines) is 1. The average Bonchev–Trinajstić information content (AvgIpc) is 2.24. The smallest absolute Gasteiger partial charge is 0.407 e.